The fraction of sp³-hybridized carbons (Fsp3) is 0.286. The maximum absolute atomic E-state index is 11.3. The molecule has 1 heterocycles. The molecule has 0 radical (unpaired) electrons. The fourth-order valence-electron chi connectivity index (χ4n) is 2.04. The van der Waals surface area contributed by atoms with Gasteiger partial charge in [-0.25, -0.2) is 0 Å². The predicted octanol–water partition coefficient (Wildman–Crippen LogP) is 3.14. The molecule has 0 N–H and O–H groups in total. The molecular formula is C14H13ClN2O4S. The van der Waals surface area contributed by atoms with Crippen LogP contribution in [0.1, 0.15) is 24.3 Å². The summed E-state index contributed by atoms with van der Waals surface area (Å²) in [5.41, 5.74) is 1.06. The molecule has 22 heavy (non-hydrogen) atoms. The molecule has 0 aliphatic heterocycles. The van der Waals surface area contributed by atoms with Gasteiger partial charge < -0.3 is 8.92 Å². The van der Waals surface area contributed by atoms with Gasteiger partial charge in [-0.3, -0.25) is 0 Å². The third-order valence-electron chi connectivity index (χ3n) is 3.08. The molecule has 0 bridgehead atoms. The van der Waals surface area contributed by atoms with Gasteiger partial charge >= 0.3 is 10.1 Å². The summed E-state index contributed by atoms with van der Waals surface area (Å²) in [6, 6.07) is 8.80. The summed E-state index contributed by atoms with van der Waals surface area (Å²) in [6.07, 6.45) is 3.15. The van der Waals surface area contributed by atoms with Crippen LogP contribution in [-0.2, 0) is 10.1 Å². The lowest BCUT2D eigenvalue weighted by molar-refractivity contribution is 0.413. The molecule has 1 aliphatic rings. The highest BCUT2D eigenvalue weighted by molar-refractivity contribution is 7.86. The van der Waals surface area contributed by atoms with E-state index in [-0.39, 0.29) is 16.8 Å². The highest BCUT2D eigenvalue weighted by Crippen LogP contribution is 2.45. The van der Waals surface area contributed by atoms with Crippen molar-refractivity contribution in [3.05, 3.63) is 41.0 Å². The molecular weight excluding hydrogens is 328 g/mol. The van der Waals surface area contributed by atoms with Crippen LogP contribution >= 0.6 is 11.6 Å². The van der Waals surface area contributed by atoms with E-state index in [4.69, 9.17) is 20.5 Å². The topological polar surface area (TPSA) is 78.4 Å². The van der Waals surface area contributed by atoms with Crippen molar-refractivity contribution in [2.45, 2.75) is 18.8 Å². The van der Waals surface area contributed by atoms with E-state index in [1.54, 1.807) is 6.07 Å². The van der Waals surface area contributed by atoms with Gasteiger partial charge in [-0.15, -0.1) is 10.2 Å². The van der Waals surface area contributed by atoms with Crippen molar-refractivity contribution in [1.29, 1.82) is 0 Å². The minimum absolute atomic E-state index is 0.0153. The summed E-state index contributed by atoms with van der Waals surface area (Å²) < 4.78 is 33.2. The zero-order valence-corrected chi connectivity index (χ0v) is 13.3. The molecule has 0 amide bonds. The van der Waals surface area contributed by atoms with E-state index in [1.165, 1.54) is 6.07 Å². The Morgan fingerprint density at radius 3 is 2.59 bits per heavy atom. The summed E-state index contributed by atoms with van der Waals surface area (Å²) in [4.78, 5) is 0. The lowest BCUT2D eigenvalue weighted by Gasteiger charge is -2.12. The Morgan fingerprint density at radius 1 is 1.18 bits per heavy atom. The standard InChI is InChI=1S/C14H13ClN2O4S/c1-22(18,19)21-12-8-13(15)16-17-14(12)20-11-5-3-2-4-10(11)9-6-7-9/h2-5,8-9H,6-7H2,1H3. The highest BCUT2D eigenvalue weighted by Gasteiger charge is 2.27. The normalized spacial score (nSPS) is 14.6. The Kier molecular flexibility index (Phi) is 3.92. The molecule has 3 rings (SSSR count). The minimum atomic E-state index is -3.73. The average molecular weight is 341 g/mol. The number of ether oxygens (including phenoxy) is 1. The fourth-order valence-corrected chi connectivity index (χ4v) is 2.63. The van der Waals surface area contributed by atoms with E-state index in [9.17, 15) is 8.42 Å². The molecule has 0 unspecified atom stereocenters. The second-order valence-electron chi connectivity index (χ2n) is 5.04. The first-order valence-corrected chi connectivity index (χ1v) is 8.81. The summed E-state index contributed by atoms with van der Waals surface area (Å²) in [5, 5.41) is 7.47. The van der Waals surface area contributed by atoms with E-state index < -0.39 is 10.1 Å². The number of hydrogen-bond acceptors (Lipinski definition) is 6. The van der Waals surface area contributed by atoms with Crippen LogP contribution in [0, 0.1) is 0 Å². The van der Waals surface area contributed by atoms with Crippen LogP contribution < -0.4 is 8.92 Å². The van der Waals surface area contributed by atoms with Crippen molar-refractivity contribution in [2.75, 3.05) is 6.26 Å². The molecule has 8 heteroatoms. The maximum Gasteiger partial charge on any atom is 0.306 e. The molecule has 1 saturated carbocycles. The van der Waals surface area contributed by atoms with Crippen LogP contribution in [-0.4, -0.2) is 24.9 Å². The molecule has 0 atom stereocenters. The minimum Gasteiger partial charge on any atom is -0.435 e. The molecule has 0 spiro atoms. The molecule has 1 aliphatic carbocycles. The van der Waals surface area contributed by atoms with Crippen LogP contribution in [0.25, 0.3) is 0 Å². The number of benzene rings is 1. The first kappa shape index (κ1) is 15.1. The summed E-state index contributed by atoms with van der Waals surface area (Å²) >= 11 is 5.74. The van der Waals surface area contributed by atoms with Gasteiger partial charge in [0.2, 0.25) is 5.75 Å². The largest absolute Gasteiger partial charge is 0.435 e. The third kappa shape index (κ3) is 3.66. The Hall–Kier alpha value is -1.86. The Bertz CT molecular complexity index is 806. The summed E-state index contributed by atoms with van der Waals surface area (Å²) in [5.74, 6) is 0.951. The molecule has 1 aromatic carbocycles. The lowest BCUT2D eigenvalue weighted by atomic mass is 10.1. The van der Waals surface area contributed by atoms with E-state index in [0.29, 0.717) is 11.7 Å². The molecule has 116 valence electrons. The van der Waals surface area contributed by atoms with Crippen molar-refractivity contribution in [1.82, 2.24) is 10.2 Å². The van der Waals surface area contributed by atoms with Crippen LogP contribution in [0.15, 0.2) is 30.3 Å². The van der Waals surface area contributed by atoms with Crippen LogP contribution in [0.3, 0.4) is 0 Å². The second kappa shape index (κ2) is 5.73. The Labute approximate surface area is 133 Å². The highest BCUT2D eigenvalue weighted by atomic mass is 35.5. The van der Waals surface area contributed by atoms with Gasteiger partial charge in [-0.2, -0.15) is 8.42 Å². The Balaban J connectivity index is 1.95. The van der Waals surface area contributed by atoms with Gasteiger partial charge in [0.25, 0.3) is 5.88 Å². The van der Waals surface area contributed by atoms with Crippen LogP contribution in [0.5, 0.6) is 17.4 Å². The number of nitrogens with zero attached hydrogens (tertiary/aromatic N) is 2. The van der Waals surface area contributed by atoms with Gasteiger partial charge in [0.05, 0.1) is 6.26 Å². The van der Waals surface area contributed by atoms with E-state index in [1.807, 2.05) is 18.2 Å². The zero-order valence-electron chi connectivity index (χ0n) is 11.7. The first-order valence-electron chi connectivity index (χ1n) is 6.62. The van der Waals surface area contributed by atoms with Crippen LogP contribution in [0.2, 0.25) is 5.15 Å². The number of rotatable bonds is 5. The maximum atomic E-state index is 11.3. The molecule has 0 saturated heterocycles. The Morgan fingerprint density at radius 2 is 1.91 bits per heavy atom. The van der Waals surface area contributed by atoms with Crippen molar-refractivity contribution in [3.63, 3.8) is 0 Å². The van der Waals surface area contributed by atoms with Gasteiger partial charge in [0.15, 0.2) is 5.15 Å². The lowest BCUT2D eigenvalue weighted by Crippen LogP contribution is -2.08. The van der Waals surface area contributed by atoms with E-state index in [2.05, 4.69) is 10.2 Å². The van der Waals surface area contributed by atoms with Gasteiger partial charge in [-0.05, 0) is 30.4 Å². The van der Waals surface area contributed by atoms with Crippen molar-refractivity contribution in [2.24, 2.45) is 0 Å². The van der Waals surface area contributed by atoms with E-state index in [0.717, 1.165) is 24.7 Å². The van der Waals surface area contributed by atoms with E-state index >= 15 is 0 Å². The number of para-hydroxylation sites is 1. The van der Waals surface area contributed by atoms with Crippen LogP contribution in [0.4, 0.5) is 0 Å². The number of halogens is 1. The first-order chi connectivity index (χ1) is 10.4. The number of aromatic nitrogens is 2. The van der Waals surface area contributed by atoms with Crippen molar-refractivity contribution < 1.29 is 17.3 Å². The molecule has 1 fully saturated rings. The summed E-state index contributed by atoms with van der Waals surface area (Å²) in [6.45, 7) is 0. The van der Waals surface area contributed by atoms with Crippen molar-refractivity contribution >= 4 is 21.7 Å². The summed E-state index contributed by atoms with van der Waals surface area (Å²) in [7, 11) is -3.73. The monoisotopic (exact) mass is 340 g/mol. The third-order valence-corrected chi connectivity index (χ3v) is 3.75. The molecule has 1 aromatic heterocycles. The van der Waals surface area contributed by atoms with Crippen molar-refractivity contribution in [3.8, 4) is 17.4 Å². The van der Waals surface area contributed by atoms with Gasteiger partial charge in [-0.1, -0.05) is 29.8 Å². The van der Waals surface area contributed by atoms with Gasteiger partial charge in [0.1, 0.15) is 5.75 Å². The quantitative estimate of drug-likeness (QED) is 0.778. The molecule has 2 aromatic rings. The second-order valence-corrected chi connectivity index (χ2v) is 7.00. The van der Waals surface area contributed by atoms with Gasteiger partial charge in [0, 0.05) is 6.07 Å². The molecule has 6 nitrogen and oxygen atoms in total. The SMILES string of the molecule is CS(=O)(=O)Oc1cc(Cl)nnc1Oc1ccccc1C1CC1. The predicted molar refractivity (Wildman–Crippen MR) is 81.0 cm³/mol. The number of hydrogen-bond donors (Lipinski definition) is 0. The smallest absolute Gasteiger partial charge is 0.306 e. The zero-order chi connectivity index (χ0) is 15.7. The average Bonchev–Trinajstić information content (AvgIpc) is 3.25.